The van der Waals surface area contributed by atoms with E-state index in [1.807, 2.05) is 36.4 Å². The highest BCUT2D eigenvalue weighted by atomic mass is 16.5. The minimum Gasteiger partial charge on any atom is -0.378 e. The van der Waals surface area contributed by atoms with Gasteiger partial charge in [-0.3, -0.25) is 9.59 Å². The standard InChI is InChI=1S/C23H23N5O3/c1-16(29)24-19-7-5-17(6-8-19)23(30)25-20-4-2-3-18(15-20)21-9-10-22(27-26-21)28-11-13-31-14-12-28/h2-10,15H,11-14H2,1H3,(H,24,29)(H,25,30). The highest BCUT2D eigenvalue weighted by Gasteiger charge is 2.13. The topological polar surface area (TPSA) is 96.5 Å². The predicted octanol–water partition coefficient (Wildman–Crippen LogP) is 3.19. The summed E-state index contributed by atoms with van der Waals surface area (Å²) in [5.74, 6) is 0.439. The average molecular weight is 417 g/mol. The molecule has 0 spiro atoms. The monoisotopic (exact) mass is 417 g/mol. The molecule has 1 saturated heterocycles. The second kappa shape index (κ2) is 9.36. The Hall–Kier alpha value is -3.78. The second-order valence-corrected chi connectivity index (χ2v) is 7.17. The Kier molecular flexibility index (Phi) is 6.18. The van der Waals surface area contributed by atoms with Crippen molar-refractivity contribution in [1.29, 1.82) is 0 Å². The maximum atomic E-state index is 12.6. The number of aromatic nitrogens is 2. The van der Waals surface area contributed by atoms with Crippen molar-refractivity contribution in [2.24, 2.45) is 0 Å². The largest absolute Gasteiger partial charge is 0.378 e. The molecule has 0 saturated carbocycles. The number of nitrogens with zero attached hydrogens (tertiary/aromatic N) is 3. The molecule has 2 heterocycles. The Morgan fingerprint density at radius 1 is 0.903 bits per heavy atom. The first-order valence-corrected chi connectivity index (χ1v) is 10.0. The Balaban J connectivity index is 1.44. The molecule has 2 N–H and O–H groups in total. The Labute approximate surface area is 180 Å². The number of hydrogen-bond acceptors (Lipinski definition) is 6. The summed E-state index contributed by atoms with van der Waals surface area (Å²) >= 11 is 0. The number of carbonyl (C=O) groups is 2. The molecule has 1 fully saturated rings. The number of ether oxygens (including phenoxy) is 1. The molecule has 2 amide bonds. The van der Waals surface area contributed by atoms with Gasteiger partial charge in [-0.15, -0.1) is 10.2 Å². The van der Waals surface area contributed by atoms with Gasteiger partial charge >= 0.3 is 0 Å². The number of rotatable bonds is 5. The first kappa shape index (κ1) is 20.5. The SMILES string of the molecule is CC(=O)Nc1ccc(C(=O)Nc2cccc(-c3ccc(N4CCOCC4)nn3)c2)cc1. The zero-order chi connectivity index (χ0) is 21.6. The molecular weight excluding hydrogens is 394 g/mol. The van der Waals surface area contributed by atoms with Crippen molar-refractivity contribution in [2.45, 2.75) is 6.92 Å². The fourth-order valence-corrected chi connectivity index (χ4v) is 3.31. The quantitative estimate of drug-likeness (QED) is 0.662. The van der Waals surface area contributed by atoms with Crippen molar-refractivity contribution in [3.05, 3.63) is 66.2 Å². The number of carbonyl (C=O) groups excluding carboxylic acids is 2. The van der Waals surface area contributed by atoms with Crippen LogP contribution in [0, 0.1) is 0 Å². The first-order chi connectivity index (χ1) is 15.1. The highest BCUT2D eigenvalue weighted by molar-refractivity contribution is 6.04. The van der Waals surface area contributed by atoms with Crippen LogP contribution in [0.1, 0.15) is 17.3 Å². The molecule has 8 heteroatoms. The van der Waals surface area contributed by atoms with E-state index in [1.165, 1.54) is 6.92 Å². The van der Waals surface area contributed by atoms with E-state index in [0.29, 0.717) is 30.2 Å². The molecule has 158 valence electrons. The smallest absolute Gasteiger partial charge is 0.255 e. The lowest BCUT2D eigenvalue weighted by Gasteiger charge is -2.27. The van der Waals surface area contributed by atoms with Gasteiger partial charge in [0.25, 0.3) is 5.91 Å². The van der Waals surface area contributed by atoms with E-state index in [1.54, 1.807) is 24.3 Å². The van der Waals surface area contributed by atoms with Crippen molar-refractivity contribution in [3.8, 4) is 11.3 Å². The van der Waals surface area contributed by atoms with Crippen LogP contribution in [0.3, 0.4) is 0 Å². The van der Waals surface area contributed by atoms with Crippen LogP contribution in [0.4, 0.5) is 17.2 Å². The summed E-state index contributed by atoms with van der Waals surface area (Å²) < 4.78 is 5.37. The molecule has 0 radical (unpaired) electrons. The molecule has 0 aliphatic carbocycles. The van der Waals surface area contributed by atoms with Crippen LogP contribution in [0.25, 0.3) is 11.3 Å². The molecule has 3 aromatic rings. The van der Waals surface area contributed by atoms with E-state index in [4.69, 9.17) is 4.74 Å². The molecule has 8 nitrogen and oxygen atoms in total. The summed E-state index contributed by atoms with van der Waals surface area (Å²) in [5, 5.41) is 14.3. The van der Waals surface area contributed by atoms with Gasteiger partial charge in [-0.05, 0) is 48.5 Å². The Morgan fingerprint density at radius 3 is 2.35 bits per heavy atom. The number of anilines is 3. The Morgan fingerprint density at radius 2 is 1.68 bits per heavy atom. The van der Waals surface area contributed by atoms with Crippen LogP contribution in [-0.4, -0.2) is 48.3 Å². The van der Waals surface area contributed by atoms with E-state index in [9.17, 15) is 9.59 Å². The summed E-state index contributed by atoms with van der Waals surface area (Å²) in [6, 6.07) is 18.1. The summed E-state index contributed by atoms with van der Waals surface area (Å²) in [6.45, 7) is 4.44. The minimum absolute atomic E-state index is 0.157. The molecule has 1 aliphatic heterocycles. The minimum atomic E-state index is -0.236. The zero-order valence-electron chi connectivity index (χ0n) is 17.2. The summed E-state index contributed by atoms with van der Waals surface area (Å²) in [4.78, 5) is 25.8. The van der Waals surface area contributed by atoms with Gasteiger partial charge in [-0.1, -0.05) is 12.1 Å². The number of morpholine rings is 1. The van der Waals surface area contributed by atoms with Gasteiger partial charge in [0.05, 0.1) is 18.9 Å². The molecule has 4 rings (SSSR count). The third-order valence-corrected chi connectivity index (χ3v) is 4.87. The van der Waals surface area contributed by atoms with Crippen LogP contribution in [0.2, 0.25) is 0 Å². The molecule has 0 unspecified atom stereocenters. The third kappa shape index (κ3) is 5.23. The number of nitrogens with one attached hydrogen (secondary N) is 2. The Bertz CT molecular complexity index is 1060. The lowest BCUT2D eigenvalue weighted by atomic mass is 10.1. The van der Waals surface area contributed by atoms with E-state index in [0.717, 1.165) is 30.2 Å². The lowest BCUT2D eigenvalue weighted by Crippen LogP contribution is -2.36. The van der Waals surface area contributed by atoms with Crippen LogP contribution in [-0.2, 0) is 9.53 Å². The first-order valence-electron chi connectivity index (χ1n) is 10.0. The fourth-order valence-electron chi connectivity index (χ4n) is 3.31. The second-order valence-electron chi connectivity index (χ2n) is 7.17. The van der Waals surface area contributed by atoms with Crippen molar-refractivity contribution >= 4 is 29.0 Å². The van der Waals surface area contributed by atoms with Crippen LogP contribution in [0.15, 0.2) is 60.7 Å². The van der Waals surface area contributed by atoms with E-state index in [-0.39, 0.29) is 11.8 Å². The van der Waals surface area contributed by atoms with Gasteiger partial charge in [0.2, 0.25) is 5.91 Å². The molecule has 31 heavy (non-hydrogen) atoms. The zero-order valence-corrected chi connectivity index (χ0v) is 17.2. The van der Waals surface area contributed by atoms with Gasteiger partial charge in [0, 0.05) is 42.5 Å². The van der Waals surface area contributed by atoms with Crippen LogP contribution >= 0.6 is 0 Å². The molecule has 0 atom stereocenters. The van der Waals surface area contributed by atoms with Gasteiger partial charge in [-0.2, -0.15) is 0 Å². The maximum Gasteiger partial charge on any atom is 0.255 e. The maximum absolute atomic E-state index is 12.6. The van der Waals surface area contributed by atoms with Gasteiger partial charge in [0.1, 0.15) is 0 Å². The van der Waals surface area contributed by atoms with Crippen molar-refractivity contribution < 1.29 is 14.3 Å². The van der Waals surface area contributed by atoms with Crippen molar-refractivity contribution in [2.75, 3.05) is 41.8 Å². The number of hydrogen-bond donors (Lipinski definition) is 2. The van der Waals surface area contributed by atoms with Gasteiger partial charge in [-0.25, -0.2) is 0 Å². The molecule has 2 aromatic carbocycles. The molecule has 1 aromatic heterocycles. The number of benzene rings is 2. The summed E-state index contributed by atoms with van der Waals surface area (Å²) in [5.41, 5.74) is 3.39. The fraction of sp³-hybridized carbons (Fsp3) is 0.217. The van der Waals surface area contributed by atoms with Gasteiger partial charge in [0.15, 0.2) is 5.82 Å². The summed E-state index contributed by atoms with van der Waals surface area (Å²) in [6.07, 6.45) is 0. The lowest BCUT2D eigenvalue weighted by molar-refractivity contribution is -0.114. The predicted molar refractivity (Wildman–Crippen MR) is 119 cm³/mol. The van der Waals surface area contributed by atoms with Crippen LogP contribution < -0.4 is 15.5 Å². The van der Waals surface area contributed by atoms with Crippen molar-refractivity contribution in [1.82, 2.24) is 10.2 Å². The normalized spacial score (nSPS) is 13.5. The van der Waals surface area contributed by atoms with E-state index in [2.05, 4.69) is 25.7 Å². The highest BCUT2D eigenvalue weighted by Crippen LogP contribution is 2.23. The van der Waals surface area contributed by atoms with Crippen LogP contribution in [0.5, 0.6) is 0 Å². The van der Waals surface area contributed by atoms with Crippen molar-refractivity contribution in [3.63, 3.8) is 0 Å². The van der Waals surface area contributed by atoms with Gasteiger partial charge < -0.3 is 20.3 Å². The van der Waals surface area contributed by atoms with E-state index < -0.39 is 0 Å². The summed E-state index contributed by atoms with van der Waals surface area (Å²) in [7, 11) is 0. The third-order valence-electron chi connectivity index (χ3n) is 4.87. The molecular formula is C23H23N5O3. The average Bonchev–Trinajstić information content (AvgIpc) is 2.80. The molecule has 1 aliphatic rings. The molecule has 0 bridgehead atoms. The van der Waals surface area contributed by atoms with E-state index >= 15 is 0 Å². The number of amides is 2.